The summed E-state index contributed by atoms with van der Waals surface area (Å²) < 4.78 is 12.8. The quantitative estimate of drug-likeness (QED) is 0.796. The van der Waals surface area contributed by atoms with Crippen LogP contribution in [0.25, 0.3) is 0 Å². The molecule has 7 heteroatoms. The van der Waals surface area contributed by atoms with Gasteiger partial charge in [0.15, 0.2) is 0 Å². The number of benzene rings is 1. The van der Waals surface area contributed by atoms with E-state index in [-0.39, 0.29) is 29.7 Å². The van der Waals surface area contributed by atoms with Gasteiger partial charge in [-0.15, -0.1) is 0 Å². The molecule has 1 heterocycles. The van der Waals surface area contributed by atoms with Crippen molar-refractivity contribution in [2.24, 2.45) is 0 Å². The maximum absolute atomic E-state index is 12.8. The van der Waals surface area contributed by atoms with Gasteiger partial charge in [-0.05, 0) is 24.1 Å². The van der Waals surface area contributed by atoms with Crippen molar-refractivity contribution < 1.29 is 14.0 Å². The second kappa shape index (κ2) is 9.46. The van der Waals surface area contributed by atoms with Gasteiger partial charge in [0.1, 0.15) is 11.5 Å². The summed E-state index contributed by atoms with van der Waals surface area (Å²) in [6, 6.07) is 5.95. The van der Waals surface area contributed by atoms with Gasteiger partial charge in [0, 0.05) is 38.4 Å². The monoisotopic (exact) mass is 344 g/mol. The predicted molar refractivity (Wildman–Crippen MR) is 91.1 cm³/mol. The van der Waals surface area contributed by atoms with Gasteiger partial charge in [0.25, 0.3) is 5.91 Å². The van der Waals surface area contributed by atoms with E-state index in [9.17, 15) is 14.0 Å². The van der Waals surface area contributed by atoms with Crippen molar-refractivity contribution in [1.82, 2.24) is 20.2 Å². The van der Waals surface area contributed by atoms with Crippen molar-refractivity contribution in [2.45, 2.75) is 26.3 Å². The topological polar surface area (TPSA) is 75.2 Å². The lowest BCUT2D eigenvalue weighted by atomic mass is 10.2. The summed E-state index contributed by atoms with van der Waals surface area (Å²) in [7, 11) is 0. The van der Waals surface area contributed by atoms with Crippen LogP contribution >= 0.6 is 0 Å². The normalized spacial score (nSPS) is 10.3. The van der Waals surface area contributed by atoms with E-state index < -0.39 is 0 Å². The van der Waals surface area contributed by atoms with E-state index >= 15 is 0 Å². The molecular weight excluding hydrogens is 323 g/mol. The molecule has 0 fully saturated rings. The van der Waals surface area contributed by atoms with Crippen LogP contribution < -0.4 is 5.32 Å². The van der Waals surface area contributed by atoms with E-state index in [2.05, 4.69) is 15.3 Å². The maximum atomic E-state index is 12.8. The Hall–Kier alpha value is -2.83. The molecule has 2 amide bonds. The average molecular weight is 344 g/mol. The number of rotatable bonds is 8. The number of carbonyl (C=O) groups is 2. The molecule has 0 atom stereocenters. The van der Waals surface area contributed by atoms with Crippen LogP contribution in [0.3, 0.4) is 0 Å². The van der Waals surface area contributed by atoms with Gasteiger partial charge < -0.3 is 10.2 Å². The molecule has 0 aliphatic rings. The molecular formula is C18H21FN4O2. The highest BCUT2D eigenvalue weighted by Gasteiger charge is 2.17. The number of carbonyl (C=O) groups excluding carboxylic acids is 2. The Bertz CT molecular complexity index is 692. The fourth-order valence-corrected chi connectivity index (χ4v) is 2.28. The maximum Gasteiger partial charge on any atom is 0.274 e. The third-order valence-corrected chi connectivity index (χ3v) is 3.57. The van der Waals surface area contributed by atoms with Crippen molar-refractivity contribution in [2.75, 3.05) is 13.1 Å². The third kappa shape index (κ3) is 5.95. The van der Waals surface area contributed by atoms with Gasteiger partial charge >= 0.3 is 0 Å². The summed E-state index contributed by atoms with van der Waals surface area (Å²) in [4.78, 5) is 33.9. The molecule has 25 heavy (non-hydrogen) atoms. The van der Waals surface area contributed by atoms with Crippen LogP contribution in [0.2, 0.25) is 0 Å². The minimum Gasteiger partial charge on any atom is -0.352 e. The summed E-state index contributed by atoms with van der Waals surface area (Å²) in [5, 5.41) is 2.77. The number of aromatic nitrogens is 2. The first kappa shape index (κ1) is 18.5. The molecule has 6 nitrogen and oxygen atoms in total. The molecule has 0 spiro atoms. The lowest BCUT2D eigenvalue weighted by molar-refractivity contribution is -0.121. The van der Waals surface area contributed by atoms with E-state index in [0.29, 0.717) is 19.6 Å². The van der Waals surface area contributed by atoms with E-state index in [1.54, 1.807) is 17.0 Å². The van der Waals surface area contributed by atoms with Gasteiger partial charge in [-0.2, -0.15) is 0 Å². The minimum absolute atomic E-state index is 0.169. The SMILES string of the molecule is CCCN(CCC(=O)NCc1ccc(F)cc1)C(=O)c1cnccn1. The summed E-state index contributed by atoms with van der Waals surface area (Å²) in [5.41, 5.74) is 1.08. The predicted octanol–water partition coefficient (Wildman–Crippen LogP) is 2.17. The molecule has 0 saturated heterocycles. The Morgan fingerprint density at radius 3 is 2.56 bits per heavy atom. The van der Waals surface area contributed by atoms with E-state index in [1.807, 2.05) is 6.92 Å². The number of hydrogen-bond donors (Lipinski definition) is 1. The molecule has 0 radical (unpaired) electrons. The van der Waals surface area contributed by atoms with Crippen LogP contribution in [0.1, 0.15) is 35.8 Å². The molecule has 0 unspecified atom stereocenters. The molecule has 132 valence electrons. The standard InChI is InChI=1S/C18H21FN4O2/c1-2-10-23(18(25)16-13-20-8-9-21-16)11-7-17(24)22-12-14-3-5-15(19)6-4-14/h3-6,8-9,13H,2,7,10-12H2,1H3,(H,22,24). The molecule has 0 bridgehead atoms. The first-order valence-electron chi connectivity index (χ1n) is 8.16. The molecule has 0 saturated carbocycles. The van der Waals surface area contributed by atoms with Crippen LogP contribution in [0.4, 0.5) is 4.39 Å². The highest BCUT2D eigenvalue weighted by Crippen LogP contribution is 2.04. The molecule has 2 aromatic rings. The van der Waals surface area contributed by atoms with E-state index in [1.165, 1.54) is 30.7 Å². The Balaban J connectivity index is 1.84. The number of hydrogen-bond acceptors (Lipinski definition) is 4. The van der Waals surface area contributed by atoms with Crippen molar-refractivity contribution in [3.05, 3.63) is 59.9 Å². The van der Waals surface area contributed by atoms with Gasteiger partial charge in [0.2, 0.25) is 5.91 Å². The van der Waals surface area contributed by atoms with E-state index in [4.69, 9.17) is 0 Å². The summed E-state index contributed by atoms with van der Waals surface area (Å²) >= 11 is 0. The summed E-state index contributed by atoms with van der Waals surface area (Å²) in [5.74, 6) is -0.716. The molecule has 1 N–H and O–H groups in total. The van der Waals surface area contributed by atoms with Gasteiger partial charge in [-0.1, -0.05) is 19.1 Å². The lowest BCUT2D eigenvalue weighted by Crippen LogP contribution is -2.36. The third-order valence-electron chi connectivity index (χ3n) is 3.57. The molecule has 1 aromatic heterocycles. The fourth-order valence-electron chi connectivity index (χ4n) is 2.28. The zero-order valence-electron chi connectivity index (χ0n) is 14.1. The smallest absolute Gasteiger partial charge is 0.274 e. The van der Waals surface area contributed by atoms with Crippen molar-refractivity contribution >= 4 is 11.8 Å². The minimum atomic E-state index is -0.312. The first-order valence-corrected chi connectivity index (χ1v) is 8.16. The Labute approximate surface area is 146 Å². The van der Waals surface area contributed by atoms with Crippen LogP contribution in [-0.4, -0.2) is 39.8 Å². The Kier molecular flexibility index (Phi) is 7.00. The number of halogens is 1. The number of amides is 2. The van der Waals surface area contributed by atoms with Crippen LogP contribution in [0.15, 0.2) is 42.9 Å². The molecule has 0 aliphatic heterocycles. The van der Waals surface area contributed by atoms with E-state index in [0.717, 1.165) is 12.0 Å². The largest absolute Gasteiger partial charge is 0.352 e. The first-order chi connectivity index (χ1) is 12.1. The molecule has 1 aromatic carbocycles. The van der Waals surface area contributed by atoms with Crippen molar-refractivity contribution in [3.63, 3.8) is 0 Å². The fraction of sp³-hybridized carbons (Fsp3) is 0.333. The van der Waals surface area contributed by atoms with Gasteiger partial charge in [-0.3, -0.25) is 14.6 Å². The zero-order chi connectivity index (χ0) is 18.1. The number of nitrogens with one attached hydrogen (secondary N) is 1. The second-order valence-corrected chi connectivity index (χ2v) is 5.54. The Morgan fingerprint density at radius 1 is 1.16 bits per heavy atom. The van der Waals surface area contributed by atoms with Crippen LogP contribution in [0, 0.1) is 5.82 Å². The molecule has 0 aliphatic carbocycles. The van der Waals surface area contributed by atoms with Crippen LogP contribution in [0.5, 0.6) is 0 Å². The average Bonchev–Trinajstić information content (AvgIpc) is 2.65. The second-order valence-electron chi connectivity index (χ2n) is 5.54. The van der Waals surface area contributed by atoms with Crippen molar-refractivity contribution in [1.29, 1.82) is 0 Å². The van der Waals surface area contributed by atoms with Gasteiger partial charge in [0.05, 0.1) is 6.20 Å². The zero-order valence-corrected chi connectivity index (χ0v) is 14.1. The van der Waals surface area contributed by atoms with Crippen molar-refractivity contribution in [3.8, 4) is 0 Å². The number of nitrogens with zero attached hydrogens (tertiary/aromatic N) is 3. The Morgan fingerprint density at radius 2 is 1.92 bits per heavy atom. The highest BCUT2D eigenvalue weighted by atomic mass is 19.1. The van der Waals surface area contributed by atoms with Crippen LogP contribution in [-0.2, 0) is 11.3 Å². The summed E-state index contributed by atoms with van der Waals surface area (Å²) in [6.45, 7) is 3.13. The lowest BCUT2D eigenvalue weighted by Gasteiger charge is -2.21. The van der Waals surface area contributed by atoms with Gasteiger partial charge in [-0.25, -0.2) is 9.37 Å². The molecule has 2 rings (SSSR count). The summed E-state index contributed by atoms with van der Waals surface area (Å²) in [6.07, 6.45) is 5.35. The highest BCUT2D eigenvalue weighted by molar-refractivity contribution is 5.92.